The van der Waals surface area contributed by atoms with E-state index in [9.17, 15) is 4.39 Å². The Bertz CT molecular complexity index is 590. The molecule has 0 aliphatic rings. The molecule has 0 aliphatic carbocycles. The largest absolute Gasteiger partial charge is 0.488 e. The molecule has 0 spiro atoms. The number of halogens is 2. The summed E-state index contributed by atoms with van der Waals surface area (Å²) in [6.07, 6.45) is 2.75. The van der Waals surface area contributed by atoms with Crippen LogP contribution in [0.2, 0.25) is 0 Å². The van der Waals surface area contributed by atoms with Crippen LogP contribution in [-0.2, 0) is 13.2 Å². The molecule has 0 amide bonds. The number of hydrogen-bond donors (Lipinski definition) is 1. The topological polar surface area (TPSA) is 48.1 Å². The van der Waals surface area contributed by atoms with Crippen LogP contribution in [0.25, 0.3) is 0 Å². The highest BCUT2D eigenvalue weighted by molar-refractivity contribution is 9.10. The number of pyridine rings is 1. The molecule has 1 aromatic carbocycles. The monoisotopic (exact) mass is 324 g/mol. The normalized spacial score (nSPS) is 10.5. The minimum atomic E-state index is -0.368. The predicted octanol–water partition coefficient (Wildman–Crippen LogP) is 3.33. The van der Waals surface area contributed by atoms with Crippen LogP contribution >= 0.6 is 15.9 Å². The molecule has 0 saturated heterocycles. The van der Waals surface area contributed by atoms with E-state index in [2.05, 4.69) is 20.9 Å². The molecule has 0 bridgehead atoms. The van der Waals surface area contributed by atoms with E-state index < -0.39 is 0 Å². The number of aromatic nitrogens is 1. The number of aryl methyl sites for hydroxylation is 1. The maximum absolute atomic E-state index is 13.0. The van der Waals surface area contributed by atoms with Gasteiger partial charge in [-0.3, -0.25) is 4.98 Å². The summed E-state index contributed by atoms with van der Waals surface area (Å²) >= 11 is 3.42. The fourth-order valence-electron chi connectivity index (χ4n) is 1.85. The molecule has 2 rings (SSSR count). The van der Waals surface area contributed by atoms with Crippen LogP contribution in [0.4, 0.5) is 4.39 Å². The molecular weight excluding hydrogens is 311 g/mol. The zero-order valence-electron chi connectivity index (χ0n) is 10.5. The minimum Gasteiger partial charge on any atom is -0.488 e. The van der Waals surface area contributed by atoms with Crippen molar-refractivity contribution in [2.24, 2.45) is 5.73 Å². The number of nitrogens with two attached hydrogens (primary N) is 1. The van der Waals surface area contributed by atoms with E-state index in [4.69, 9.17) is 10.5 Å². The van der Waals surface area contributed by atoms with Crippen molar-refractivity contribution in [2.45, 2.75) is 20.1 Å². The van der Waals surface area contributed by atoms with E-state index in [-0.39, 0.29) is 12.4 Å². The second kappa shape index (κ2) is 6.12. The highest BCUT2D eigenvalue weighted by Gasteiger charge is 2.08. The van der Waals surface area contributed by atoms with Gasteiger partial charge < -0.3 is 10.5 Å². The van der Waals surface area contributed by atoms with Gasteiger partial charge in [-0.15, -0.1) is 0 Å². The average molecular weight is 325 g/mol. The Hall–Kier alpha value is -1.46. The van der Waals surface area contributed by atoms with E-state index >= 15 is 0 Å². The number of rotatable bonds is 4. The Morgan fingerprint density at radius 3 is 2.79 bits per heavy atom. The fraction of sp³-hybridized carbons (Fsp3) is 0.214. The van der Waals surface area contributed by atoms with Crippen molar-refractivity contribution < 1.29 is 9.13 Å². The molecule has 1 aromatic heterocycles. The molecule has 0 atom stereocenters. The Morgan fingerprint density at radius 1 is 1.32 bits per heavy atom. The summed E-state index contributed by atoms with van der Waals surface area (Å²) in [5.41, 5.74) is 8.29. The van der Waals surface area contributed by atoms with Crippen molar-refractivity contribution in [1.29, 1.82) is 0 Å². The van der Waals surface area contributed by atoms with Crippen molar-refractivity contribution in [1.82, 2.24) is 4.98 Å². The first kappa shape index (κ1) is 14.0. The van der Waals surface area contributed by atoms with Gasteiger partial charge in [-0.2, -0.15) is 0 Å². The molecule has 3 nitrogen and oxygen atoms in total. The first-order chi connectivity index (χ1) is 9.10. The second-order valence-electron chi connectivity index (χ2n) is 4.22. The van der Waals surface area contributed by atoms with E-state index in [1.165, 1.54) is 12.3 Å². The van der Waals surface area contributed by atoms with Gasteiger partial charge in [0.15, 0.2) is 0 Å². The van der Waals surface area contributed by atoms with E-state index in [1.54, 1.807) is 6.20 Å². The lowest BCUT2D eigenvalue weighted by atomic mass is 10.1. The molecule has 0 unspecified atom stereocenters. The second-order valence-corrected chi connectivity index (χ2v) is 5.13. The summed E-state index contributed by atoms with van der Waals surface area (Å²) in [5, 5.41) is 0. The Morgan fingerprint density at radius 2 is 2.11 bits per heavy atom. The molecule has 1 heterocycles. The van der Waals surface area contributed by atoms with Crippen molar-refractivity contribution in [3.63, 3.8) is 0 Å². The van der Waals surface area contributed by atoms with Gasteiger partial charge in [0.2, 0.25) is 0 Å². The fourth-order valence-corrected chi connectivity index (χ4v) is 2.47. The van der Waals surface area contributed by atoms with Crippen molar-refractivity contribution in [2.75, 3.05) is 0 Å². The number of hydrogen-bond acceptors (Lipinski definition) is 3. The Labute approximate surface area is 119 Å². The third-order valence-corrected chi connectivity index (χ3v) is 3.14. The summed E-state index contributed by atoms with van der Waals surface area (Å²) < 4.78 is 19.7. The van der Waals surface area contributed by atoms with Gasteiger partial charge >= 0.3 is 0 Å². The van der Waals surface area contributed by atoms with Gasteiger partial charge in [-0.25, -0.2) is 4.39 Å². The van der Waals surface area contributed by atoms with E-state index in [0.717, 1.165) is 21.3 Å². The van der Waals surface area contributed by atoms with Crippen LogP contribution in [0.1, 0.15) is 16.7 Å². The molecule has 0 radical (unpaired) electrons. The van der Waals surface area contributed by atoms with Gasteiger partial charge in [0, 0.05) is 28.3 Å². The Balaban J connectivity index is 2.19. The first-order valence-corrected chi connectivity index (χ1v) is 6.60. The maximum Gasteiger partial charge on any atom is 0.141 e. The molecule has 0 aliphatic heterocycles. The summed E-state index contributed by atoms with van der Waals surface area (Å²) in [7, 11) is 0. The zero-order chi connectivity index (χ0) is 13.8. The zero-order valence-corrected chi connectivity index (χ0v) is 12.1. The SMILES string of the molecule is Cc1cc(Br)cc(CN)c1OCc1cncc(F)c1. The first-order valence-electron chi connectivity index (χ1n) is 5.81. The summed E-state index contributed by atoms with van der Waals surface area (Å²) in [6, 6.07) is 5.29. The quantitative estimate of drug-likeness (QED) is 0.938. The van der Waals surface area contributed by atoms with Crippen LogP contribution < -0.4 is 10.5 Å². The summed E-state index contributed by atoms with van der Waals surface area (Å²) in [4.78, 5) is 3.79. The lowest BCUT2D eigenvalue weighted by Gasteiger charge is -2.14. The molecular formula is C14H14BrFN2O. The van der Waals surface area contributed by atoms with Gasteiger partial charge in [-0.1, -0.05) is 15.9 Å². The number of benzene rings is 1. The van der Waals surface area contributed by atoms with Gasteiger partial charge in [0.25, 0.3) is 0 Å². The molecule has 0 saturated carbocycles. The maximum atomic E-state index is 13.0. The Kier molecular flexibility index (Phi) is 4.50. The predicted molar refractivity (Wildman–Crippen MR) is 75.3 cm³/mol. The lowest BCUT2D eigenvalue weighted by molar-refractivity contribution is 0.299. The highest BCUT2D eigenvalue weighted by Crippen LogP contribution is 2.28. The van der Waals surface area contributed by atoms with Crippen molar-refractivity contribution in [3.05, 3.63) is 57.6 Å². The van der Waals surface area contributed by atoms with Gasteiger partial charge in [-0.05, 0) is 30.7 Å². The van der Waals surface area contributed by atoms with Crippen LogP contribution in [0.3, 0.4) is 0 Å². The standard InChI is InChI=1S/C14H14BrFN2O/c1-9-2-12(15)4-11(5-17)14(9)19-8-10-3-13(16)7-18-6-10/h2-4,6-7H,5,8,17H2,1H3. The highest BCUT2D eigenvalue weighted by atomic mass is 79.9. The third-order valence-electron chi connectivity index (χ3n) is 2.68. The van der Waals surface area contributed by atoms with Crippen LogP contribution in [0.5, 0.6) is 5.75 Å². The lowest BCUT2D eigenvalue weighted by Crippen LogP contribution is -2.05. The van der Waals surface area contributed by atoms with Crippen molar-refractivity contribution in [3.8, 4) is 5.75 Å². The third kappa shape index (κ3) is 3.52. The van der Waals surface area contributed by atoms with Crippen LogP contribution in [-0.4, -0.2) is 4.98 Å². The molecule has 2 N–H and O–H groups in total. The smallest absolute Gasteiger partial charge is 0.141 e. The van der Waals surface area contributed by atoms with Crippen LogP contribution in [0, 0.1) is 12.7 Å². The van der Waals surface area contributed by atoms with Gasteiger partial charge in [0.05, 0.1) is 6.20 Å². The number of ether oxygens (including phenoxy) is 1. The van der Waals surface area contributed by atoms with Crippen LogP contribution in [0.15, 0.2) is 35.1 Å². The molecule has 19 heavy (non-hydrogen) atoms. The molecule has 0 fully saturated rings. The van der Waals surface area contributed by atoms with Crippen molar-refractivity contribution >= 4 is 15.9 Å². The number of nitrogens with zero attached hydrogens (tertiary/aromatic N) is 1. The van der Waals surface area contributed by atoms with E-state index in [1.807, 2.05) is 19.1 Å². The molecule has 100 valence electrons. The molecule has 5 heteroatoms. The van der Waals surface area contributed by atoms with Gasteiger partial charge in [0.1, 0.15) is 18.2 Å². The summed E-state index contributed by atoms with van der Waals surface area (Å²) in [6.45, 7) is 2.60. The molecule has 2 aromatic rings. The summed E-state index contributed by atoms with van der Waals surface area (Å²) in [5.74, 6) is 0.377. The van der Waals surface area contributed by atoms with E-state index in [0.29, 0.717) is 12.1 Å². The minimum absolute atomic E-state index is 0.264. The average Bonchev–Trinajstić information content (AvgIpc) is 2.37.